The molecule has 2 atom stereocenters. The zero-order valence-corrected chi connectivity index (χ0v) is 8.07. The quantitative estimate of drug-likeness (QED) is 0.672. The highest BCUT2D eigenvalue weighted by Crippen LogP contribution is 2.23. The van der Waals surface area contributed by atoms with Crippen molar-refractivity contribution >= 4 is 10.9 Å². The van der Waals surface area contributed by atoms with Crippen LogP contribution >= 0.6 is 0 Å². The van der Waals surface area contributed by atoms with Crippen LogP contribution in [0, 0.1) is 0 Å². The average Bonchev–Trinajstić information content (AvgIpc) is 2.63. The van der Waals surface area contributed by atoms with E-state index in [0.29, 0.717) is 0 Å². The zero-order chi connectivity index (χ0) is 10.1. The average molecular weight is 190 g/mol. The van der Waals surface area contributed by atoms with Crippen molar-refractivity contribution in [2.45, 2.75) is 19.1 Å². The highest BCUT2D eigenvalue weighted by atomic mass is 16.3. The van der Waals surface area contributed by atoms with Gasteiger partial charge in [0.15, 0.2) is 0 Å². The molecule has 1 heterocycles. The highest BCUT2D eigenvalue weighted by Gasteiger charge is 2.14. The molecule has 74 valence electrons. The lowest BCUT2D eigenvalue weighted by Gasteiger charge is -2.15. The Kier molecular flexibility index (Phi) is 2.27. The lowest BCUT2D eigenvalue weighted by molar-refractivity contribution is 0.165. The summed E-state index contributed by atoms with van der Waals surface area (Å²) < 4.78 is 0. The third kappa shape index (κ3) is 1.41. The molecule has 0 amide bonds. The van der Waals surface area contributed by atoms with Crippen molar-refractivity contribution in [3.8, 4) is 0 Å². The Morgan fingerprint density at radius 3 is 2.86 bits per heavy atom. The summed E-state index contributed by atoms with van der Waals surface area (Å²) >= 11 is 0. The number of benzene rings is 1. The van der Waals surface area contributed by atoms with Gasteiger partial charge in [0, 0.05) is 17.1 Å². The maximum Gasteiger partial charge on any atom is 0.0704 e. The summed E-state index contributed by atoms with van der Waals surface area (Å²) in [5.41, 5.74) is 7.94. The van der Waals surface area contributed by atoms with E-state index in [1.54, 1.807) is 6.92 Å². The van der Waals surface area contributed by atoms with Crippen LogP contribution in [0.4, 0.5) is 0 Å². The van der Waals surface area contributed by atoms with Gasteiger partial charge in [-0.25, -0.2) is 0 Å². The number of aliphatic hydroxyl groups excluding tert-OH is 1. The van der Waals surface area contributed by atoms with E-state index in [2.05, 4.69) is 4.98 Å². The molecule has 0 fully saturated rings. The molecule has 0 aliphatic rings. The Morgan fingerprint density at radius 1 is 1.36 bits per heavy atom. The van der Waals surface area contributed by atoms with E-state index in [4.69, 9.17) is 5.73 Å². The van der Waals surface area contributed by atoms with Crippen LogP contribution in [0.3, 0.4) is 0 Å². The lowest BCUT2D eigenvalue weighted by atomic mass is 10.00. The van der Waals surface area contributed by atoms with Gasteiger partial charge in [0.2, 0.25) is 0 Å². The predicted octanol–water partition coefficient (Wildman–Crippen LogP) is 1.55. The maximum absolute atomic E-state index is 9.44. The fourth-order valence-electron chi connectivity index (χ4n) is 1.66. The summed E-state index contributed by atoms with van der Waals surface area (Å²) in [6.07, 6.45) is 1.35. The zero-order valence-electron chi connectivity index (χ0n) is 8.07. The van der Waals surface area contributed by atoms with Crippen LogP contribution in [0.15, 0.2) is 30.5 Å². The van der Waals surface area contributed by atoms with E-state index < -0.39 is 6.10 Å². The van der Waals surface area contributed by atoms with Gasteiger partial charge in [-0.2, -0.15) is 0 Å². The van der Waals surface area contributed by atoms with E-state index >= 15 is 0 Å². The number of H-pyrrole nitrogens is 1. The molecule has 4 N–H and O–H groups in total. The molecule has 2 rings (SSSR count). The Morgan fingerprint density at radius 2 is 2.14 bits per heavy atom. The minimum absolute atomic E-state index is 0.325. The third-order valence-corrected chi connectivity index (χ3v) is 2.51. The van der Waals surface area contributed by atoms with E-state index in [1.807, 2.05) is 30.5 Å². The van der Waals surface area contributed by atoms with Gasteiger partial charge in [0.1, 0.15) is 0 Å². The summed E-state index contributed by atoms with van der Waals surface area (Å²) in [6.45, 7) is 1.70. The molecule has 1 aromatic heterocycles. The van der Waals surface area contributed by atoms with Crippen LogP contribution < -0.4 is 5.73 Å². The summed E-state index contributed by atoms with van der Waals surface area (Å²) in [5.74, 6) is 0. The van der Waals surface area contributed by atoms with Crippen molar-refractivity contribution in [3.63, 3.8) is 0 Å². The first-order chi connectivity index (χ1) is 6.70. The van der Waals surface area contributed by atoms with Crippen molar-refractivity contribution in [2.24, 2.45) is 5.73 Å². The molecular formula is C11H14N2O. The number of hydrogen-bond acceptors (Lipinski definition) is 2. The molecule has 2 aromatic rings. The van der Waals surface area contributed by atoms with Gasteiger partial charge in [-0.3, -0.25) is 0 Å². The highest BCUT2D eigenvalue weighted by molar-refractivity contribution is 5.83. The molecule has 0 spiro atoms. The number of fused-ring (bicyclic) bond motifs is 1. The largest absolute Gasteiger partial charge is 0.391 e. The van der Waals surface area contributed by atoms with Gasteiger partial charge in [-0.05, 0) is 24.6 Å². The molecule has 0 saturated heterocycles. The number of aromatic amines is 1. The van der Waals surface area contributed by atoms with Crippen LogP contribution in [0.1, 0.15) is 18.5 Å². The molecule has 0 aliphatic heterocycles. The number of aliphatic hydroxyl groups is 1. The fraction of sp³-hybridized carbons (Fsp3) is 0.273. The summed E-state index contributed by atoms with van der Waals surface area (Å²) in [4.78, 5) is 3.12. The second-order valence-corrected chi connectivity index (χ2v) is 3.55. The molecule has 0 unspecified atom stereocenters. The predicted molar refractivity (Wildman–Crippen MR) is 56.9 cm³/mol. The third-order valence-electron chi connectivity index (χ3n) is 2.51. The van der Waals surface area contributed by atoms with Crippen LogP contribution in [0.2, 0.25) is 0 Å². The van der Waals surface area contributed by atoms with Crippen LogP contribution in [-0.4, -0.2) is 16.2 Å². The van der Waals surface area contributed by atoms with Crippen LogP contribution in [-0.2, 0) is 0 Å². The van der Waals surface area contributed by atoms with Crippen LogP contribution in [0.5, 0.6) is 0 Å². The Bertz CT molecular complexity index is 434. The first kappa shape index (κ1) is 9.24. The minimum atomic E-state index is -0.532. The first-order valence-corrected chi connectivity index (χ1v) is 4.70. The van der Waals surface area contributed by atoms with Gasteiger partial charge >= 0.3 is 0 Å². The van der Waals surface area contributed by atoms with Crippen LogP contribution in [0.25, 0.3) is 10.9 Å². The number of nitrogens with two attached hydrogens (primary N) is 1. The van der Waals surface area contributed by atoms with Gasteiger partial charge in [-0.1, -0.05) is 12.1 Å². The van der Waals surface area contributed by atoms with E-state index in [0.717, 1.165) is 16.5 Å². The fourth-order valence-corrected chi connectivity index (χ4v) is 1.66. The van der Waals surface area contributed by atoms with Gasteiger partial charge < -0.3 is 15.8 Å². The molecule has 0 saturated carbocycles. The summed E-state index contributed by atoms with van der Waals surface area (Å²) in [6, 6.07) is 7.54. The van der Waals surface area contributed by atoms with Crippen molar-refractivity contribution in [3.05, 3.63) is 36.0 Å². The van der Waals surface area contributed by atoms with Crippen molar-refractivity contribution in [1.29, 1.82) is 0 Å². The second kappa shape index (κ2) is 3.44. The molecule has 3 heteroatoms. The topological polar surface area (TPSA) is 62.0 Å². The molecule has 1 aromatic carbocycles. The number of nitrogens with one attached hydrogen (secondary N) is 1. The van der Waals surface area contributed by atoms with E-state index in [-0.39, 0.29) is 6.04 Å². The molecule has 0 aliphatic carbocycles. The number of rotatable bonds is 2. The SMILES string of the molecule is C[C@@H](O)[C@@H](N)c1cccc2[nH]ccc12. The monoisotopic (exact) mass is 190 g/mol. The maximum atomic E-state index is 9.44. The first-order valence-electron chi connectivity index (χ1n) is 4.70. The Hall–Kier alpha value is -1.32. The van der Waals surface area contributed by atoms with Crippen molar-refractivity contribution in [2.75, 3.05) is 0 Å². The van der Waals surface area contributed by atoms with E-state index in [1.165, 1.54) is 0 Å². The summed E-state index contributed by atoms with van der Waals surface area (Å²) in [7, 11) is 0. The molecular weight excluding hydrogens is 176 g/mol. The standard InChI is InChI=1S/C11H14N2O/c1-7(14)11(12)9-3-2-4-10-8(9)5-6-13-10/h2-7,11,13-14H,12H2,1H3/t7-,11-/m1/s1. The Labute approximate surface area is 82.6 Å². The molecule has 0 bridgehead atoms. The van der Waals surface area contributed by atoms with Crippen molar-refractivity contribution < 1.29 is 5.11 Å². The van der Waals surface area contributed by atoms with Gasteiger partial charge in [0.25, 0.3) is 0 Å². The second-order valence-electron chi connectivity index (χ2n) is 3.55. The van der Waals surface area contributed by atoms with Gasteiger partial charge in [-0.15, -0.1) is 0 Å². The minimum Gasteiger partial charge on any atom is -0.391 e. The lowest BCUT2D eigenvalue weighted by Crippen LogP contribution is -2.23. The smallest absolute Gasteiger partial charge is 0.0704 e. The Balaban J connectivity index is 2.56. The summed E-state index contributed by atoms with van der Waals surface area (Å²) in [5, 5.41) is 10.5. The normalized spacial score (nSPS) is 15.6. The molecule has 14 heavy (non-hydrogen) atoms. The van der Waals surface area contributed by atoms with Crippen molar-refractivity contribution in [1.82, 2.24) is 4.98 Å². The molecule has 0 radical (unpaired) electrons. The van der Waals surface area contributed by atoms with Gasteiger partial charge in [0.05, 0.1) is 12.1 Å². The number of aromatic nitrogens is 1. The molecule has 3 nitrogen and oxygen atoms in total. The number of hydrogen-bond donors (Lipinski definition) is 3. The van der Waals surface area contributed by atoms with E-state index in [9.17, 15) is 5.11 Å².